The van der Waals surface area contributed by atoms with Gasteiger partial charge in [0, 0.05) is 18.1 Å². The molecule has 7 nitrogen and oxygen atoms in total. The highest BCUT2D eigenvalue weighted by molar-refractivity contribution is 7.91. The van der Waals surface area contributed by atoms with Crippen molar-refractivity contribution in [2.75, 3.05) is 11.9 Å². The van der Waals surface area contributed by atoms with Gasteiger partial charge in [0.25, 0.3) is 10.0 Å². The maximum atomic E-state index is 12.9. The van der Waals surface area contributed by atoms with Gasteiger partial charge in [-0.1, -0.05) is 17.7 Å². The van der Waals surface area contributed by atoms with Crippen molar-refractivity contribution in [3.05, 3.63) is 46.2 Å². The number of thiazole rings is 1. The molecule has 0 saturated carbocycles. The minimum Gasteiger partial charge on any atom is -0.301 e. The predicted molar refractivity (Wildman–Crippen MR) is 110 cm³/mol. The molecular weight excluding hydrogens is 440 g/mol. The average molecular weight is 455 g/mol. The Morgan fingerprint density at radius 3 is 2.82 bits per heavy atom. The Morgan fingerprint density at radius 2 is 2.11 bits per heavy atom. The molecule has 4 heterocycles. The molecule has 11 heteroatoms. The van der Waals surface area contributed by atoms with Crippen LogP contribution in [0.5, 0.6) is 0 Å². The SMILES string of the molecule is O=C(Nc1nc(-c2ccccn2)cs1)C1CCCN1S(=O)(=O)c1ccc(Cl)s1. The van der Waals surface area contributed by atoms with E-state index in [1.807, 2.05) is 18.2 Å². The Kier molecular flexibility index (Phi) is 5.48. The van der Waals surface area contributed by atoms with Crippen LogP contribution in [0.1, 0.15) is 12.8 Å². The lowest BCUT2D eigenvalue weighted by Crippen LogP contribution is -2.42. The first-order valence-electron chi connectivity index (χ1n) is 8.40. The highest BCUT2D eigenvalue weighted by atomic mass is 35.5. The third-order valence-electron chi connectivity index (χ3n) is 4.28. The van der Waals surface area contributed by atoms with Crippen molar-refractivity contribution in [2.45, 2.75) is 23.1 Å². The molecule has 146 valence electrons. The lowest BCUT2D eigenvalue weighted by Gasteiger charge is -2.22. The van der Waals surface area contributed by atoms with E-state index in [1.165, 1.54) is 21.7 Å². The van der Waals surface area contributed by atoms with Gasteiger partial charge in [0.15, 0.2) is 5.13 Å². The maximum Gasteiger partial charge on any atom is 0.253 e. The van der Waals surface area contributed by atoms with E-state index in [4.69, 9.17) is 11.6 Å². The van der Waals surface area contributed by atoms with Crippen molar-refractivity contribution in [1.29, 1.82) is 0 Å². The molecule has 0 spiro atoms. The number of hydrogen-bond donors (Lipinski definition) is 1. The second kappa shape index (κ2) is 7.88. The minimum absolute atomic E-state index is 0.142. The number of pyridine rings is 1. The molecule has 28 heavy (non-hydrogen) atoms. The van der Waals surface area contributed by atoms with Crippen LogP contribution in [0.4, 0.5) is 5.13 Å². The smallest absolute Gasteiger partial charge is 0.253 e. The van der Waals surface area contributed by atoms with Crippen molar-refractivity contribution in [3.63, 3.8) is 0 Å². The number of thiophene rings is 1. The van der Waals surface area contributed by atoms with E-state index in [0.29, 0.717) is 40.2 Å². The first kappa shape index (κ1) is 19.5. The maximum absolute atomic E-state index is 12.9. The highest BCUT2D eigenvalue weighted by Crippen LogP contribution is 2.33. The van der Waals surface area contributed by atoms with Crippen LogP contribution in [0.3, 0.4) is 0 Å². The molecule has 0 radical (unpaired) electrons. The number of nitrogens with one attached hydrogen (secondary N) is 1. The van der Waals surface area contributed by atoms with E-state index in [1.54, 1.807) is 17.6 Å². The summed E-state index contributed by atoms with van der Waals surface area (Å²) in [4.78, 5) is 21.4. The number of carbonyl (C=O) groups excluding carboxylic acids is 1. The van der Waals surface area contributed by atoms with Crippen molar-refractivity contribution in [2.24, 2.45) is 0 Å². The van der Waals surface area contributed by atoms with Crippen LogP contribution in [-0.2, 0) is 14.8 Å². The molecule has 1 unspecified atom stereocenters. The monoisotopic (exact) mass is 454 g/mol. The quantitative estimate of drug-likeness (QED) is 0.634. The summed E-state index contributed by atoms with van der Waals surface area (Å²) in [7, 11) is -3.76. The summed E-state index contributed by atoms with van der Waals surface area (Å²) >= 11 is 8.14. The van der Waals surface area contributed by atoms with Crippen molar-refractivity contribution in [3.8, 4) is 11.4 Å². The Bertz CT molecular complexity index is 1100. The van der Waals surface area contributed by atoms with E-state index in [0.717, 1.165) is 11.3 Å². The number of carbonyl (C=O) groups is 1. The molecule has 1 aliphatic heterocycles. The van der Waals surface area contributed by atoms with Crippen LogP contribution in [0.15, 0.2) is 46.1 Å². The molecule has 3 aromatic rings. The van der Waals surface area contributed by atoms with E-state index in [-0.39, 0.29) is 10.1 Å². The van der Waals surface area contributed by atoms with Crippen molar-refractivity contribution >= 4 is 55.3 Å². The zero-order chi connectivity index (χ0) is 19.7. The van der Waals surface area contributed by atoms with Gasteiger partial charge in [0.2, 0.25) is 5.91 Å². The average Bonchev–Trinajstić information content (AvgIpc) is 3.43. The normalized spacial score (nSPS) is 17.7. The van der Waals surface area contributed by atoms with E-state index in [2.05, 4.69) is 15.3 Å². The second-order valence-electron chi connectivity index (χ2n) is 6.07. The number of sulfonamides is 1. The number of hydrogen-bond acceptors (Lipinski definition) is 7. The van der Waals surface area contributed by atoms with Crippen LogP contribution in [-0.4, -0.2) is 41.2 Å². The summed E-state index contributed by atoms with van der Waals surface area (Å²) in [6.45, 7) is 0.299. The summed E-state index contributed by atoms with van der Waals surface area (Å²) in [5.74, 6) is -0.384. The molecule has 3 aromatic heterocycles. The number of anilines is 1. The van der Waals surface area contributed by atoms with Crippen LogP contribution in [0.2, 0.25) is 4.34 Å². The van der Waals surface area contributed by atoms with Gasteiger partial charge < -0.3 is 5.32 Å². The van der Waals surface area contributed by atoms with Gasteiger partial charge in [-0.05, 0) is 37.1 Å². The highest BCUT2D eigenvalue weighted by Gasteiger charge is 2.40. The zero-order valence-corrected chi connectivity index (χ0v) is 17.6. The molecule has 0 aromatic carbocycles. The third kappa shape index (κ3) is 3.83. The molecule has 1 aliphatic rings. The van der Waals surface area contributed by atoms with Gasteiger partial charge >= 0.3 is 0 Å². The fraction of sp³-hybridized carbons (Fsp3) is 0.235. The standard InChI is InChI=1S/C17H15ClN4O3S3/c18-14-6-7-15(27-14)28(24,25)22-9-3-5-13(22)16(23)21-17-20-12(10-26-17)11-4-1-2-8-19-11/h1-2,4,6-8,10,13H,3,5,9H2,(H,20,21,23). The summed E-state index contributed by atoms with van der Waals surface area (Å²) in [6, 6.07) is 7.74. The molecule has 1 saturated heterocycles. The molecule has 4 rings (SSSR count). The second-order valence-corrected chi connectivity index (χ2v) is 10.8. The van der Waals surface area contributed by atoms with Gasteiger partial charge in [0.1, 0.15) is 15.9 Å². The molecule has 1 fully saturated rings. The molecule has 1 N–H and O–H groups in total. The van der Waals surface area contributed by atoms with E-state index >= 15 is 0 Å². The van der Waals surface area contributed by atoms with E-state index in [9.17, 15) is 13.2 Å². The Morgan fingerprint density at radius 1 is 1.25 bits per heavy atom. The van der Waals surface area contributed by atoms with Crippen LogP contribution in [0.25, 0.3) is 11.4 Å². The molecular formula is C17H15ClN4O3S3. The number of aromatic nitrogens is 2. The fourth-order valence-electron chi connectivity index (χ4n) is 2.99. The van der Waals surface area contributed by atoms with Crippen LogP contribution < -0.4 is 5.32 Å². The summed E-state index contributed by atoms with van der Waals surface area (Å²) in [5.41, 5.74) is 1.36. The number of amides is 1. The largest absolute Gasteiger partial charge is 0.301 e. The Labute approximate surface area is 175 Å². The molecule has 1 atom stereocenters. The number of rotatable bonds is 5. The molecule has 1 amide bonds. The summed E-state index contributed by atoms with van der Waals surface area (Å²) in [6.07, 6.45) is 2.75. The van der Waals surface area contributed by atoms with Crippen molar-refractivity contribution in [1.82, 2.24) is 14.3 Å². The number of halogens is 1. The van der Waals surface area contributed by atoms with Gasteiger partial charge in [-0.2, -0.15) is 4.31 Å². The first-order valence-corrected chi connectivity index (χ1v) is 11.9. The van der Waals surface area contributed by atoms with Gasteiger partial charge in [-0.15, -0.1) is 22.7 Å². The summed E-state index contributed by atoms with van der Waals surface area (Å²) < 4.78 is 27.5. The third-order valence-corrected chi connectivity index (χ3v) is 8.64. The minimum atomic E-state index is -3.76. The fourth-order valence-corrected chi connectivity index (χ4v) is 6.97. The predicted octanol–water partition coefficient (Wildman–Crippen LogP) is 3.71. The lowest BCUT2D eigenvalue weighted by atomic mass is 10.2. The van der Waals surface area contributed by atoms with E-state index < -0.39 is 16.1 Å². The van der Waals surface area contributed by atoms with Crippen molar-refractivity contribution < 1.29 is 13.2 Å². The van der Waals surface area contributed by atoms with Gasteiger partial charge in [-0.3, -0.25) is 9.78 Å². The van der Waals surface area contributed by atoms with Crippen LogP contribution >= 0.6 is 34.3 Å². The zero-order valence-electron chi connectivity index (χ0n) is 14.4. The topological polar surface area (TPSA) is 92.3 Å². The lowest BCUT2D eigenvalue weighted by molar-refractivity contribution is -0.119. The molecule has 0 bridgehead atoms. The Hall–Kier alpha value is -1.85. The molecule has 0 aliphatic carbocycles. The summed E-state index contributed by atoms with van der Waals surface area (Å²) in [5, 5.41) is 4.96. The number of nitrogens with zero attached hydrogens (tertiary/aromatic N) is 3. The Balaban J connectivity index is 1.51. The van der Waals surface area contributed by atoms with Crippen LogP contribution in [0, 0.1) is 0 Å². The van der Waals surface area contributed by atoms with Gasteiger partial charge in [0.05, 0.1) is 10.0 Å². The first-order chi connectivity index (χ1) is 13.4. The van der Waals surface area contributed by atoms with Gasteiger partial charge in [-0.25, -0.2) is 13.4 Å².